The Morgan fingerprint density at radius 3 is 2.74 bits per heavy atom. The maximum atomic E-state index is 12.8. The first kappa shape index (κ1) is 23.9. The molecule has 5 nitrogen and oxygen atoms in total. The Balaban J connectivity index is 0.00000364. The van der Waals surface area contributed by atoms with Crippen molar-refractivity contribution in [2.45, 2.75) is 32.9 Å². The van der Waals surface area contributed by atoms with E-state index in [1.54, 1.807) is 6.07 Å². The summed E-state index contributed by atoms with van der Waals surface area (Å²) in [5, 5.41) is 7.52. The van der Waals surface area contributed by atoms with Crippen LogP contribution in [0.4, 0.5) is 8.78 Å². The van der Waals surface area contributed by atoms with Gasteiger partial charge in [0.25, 0.3) is 0 Å². The van der Waals surface area contributed by atoms with E-state index in [9.17, 15) is 8.78 Å². The lowest BCUT2D eigenvalue weighted by atomic mass is 10.1. The number of alkyl halides is 2. The third-order valence-corrected chi connectivity index (χ3v) is 4.20. The first-order valence-electron chi connectivity index (χ1n) is 8.27. The molecule has 0 aliphatic carbocycles. The van der Waals surface area contributed by atoms with Crippen molar-refractivity contribution in [2.75, 3.05) is 13.1 Å². The van der Waals surface area contributed by atoms with E-state index in [1.165, 1.54) is 12.4 Å². The van der Waals surface area contributed by atoms with Crippen LogP contribution in [0.3, 0.4) is 0 Å². The zero-order chi connectivity index (χ0) is 18.9. The number of benzene rings is 1. The molecule has 0 radical (unpaired) electrons. The van der Waals surface area contributed by atoms with E-state index in [1.807, 2.05) is 19.1 Å². The van der Waals surface area contributed by atoms with Gasteiger partial charge in [0.15, 0.2) is 5.96 Å². The molecule has 1 heterocycles. The second-order valence-electron chi connectivity index (χ2n) is 5.49. The summed E-state index contributed by atoms with van der Waals surface area (Å²) in [6.45, 7) is 0.703. The van der Waals surface area contributed by atoms with Gasteiger partial charge in [-0.15, -0.1) is 24.0 Å². The van der Waals surface area contributed by atoms with Gasteiger partial charge >= 0.3 is 6.55 Å². The Kier molecular flexibility index (Phi) is 10.9. The average molecular weight is 532 g/mol. The van der Waals surface area contributed by atoms with E-state index in [4.69, 9.17) is 23.2 Å². The number of hydrogen-bond donors (Lipinski definition) is 2. The summed E-state index contributed by atoms with van der Waals surface area (Å²) >= 11 is 12.0. The molecule has 10 heteroatoms. The summed E-state index contributed by atoms with van der Waals surface area (Å²) < 4.78 is 26.5. The monoisotopic (exact) mass is 531 g/mol. The van der Waals surface area contributed by atoms with Gasteiger partial charge < -0.3 is 10.6 Å². The molecule has 0 saturated carbocycles. The number of hydrogen-bond acceptors (Lipinski definition) is 2. The molecule has 0 fully saturated rings. The fourth-order valence-corrected chi connectivity index (χ4v) is 2.85. The predicted octanol–water partition coefficient (Wildman–Crippen LogP) is 4.89. The van der Waals surface area contributed by atoms with Gasteiger partial charge in [0.2, 0.25) is 0 Å². The fourth-order valence-electron chi connectivity index (χ4n) is 2.35. The Morgan fingerprint density at radius 2 is 2.07 bits per heavy atom. The van der Waals surface area contributed by atoms with Gasteiger partial charge in [-0.2, -0.15) is 8.78 Å². The summed E-state index contributed by atoms with van der Waals surface area (Å²) in [7, 11) is 0. The molecule has 0 aliphatic heterocycles. The van der Waals surface area contributed by atoms with Crippen molar-refractivity contribution < 1.29 is 8.78 Å². The van der Waals surface area contributed by atoms with Crippen LogP contribution in [0, 0.1) is 0 Å². The lowest BCUT2D eigenvalue weighted by Gasteiger charge is -2.12. The summed E-state index contributed by atoms with van der Waals surface area (Å²) in [6.07, 6.45) is 4.20. The van der Waals surface area contributed by atoms with Crippen LogP contribution in [0.1, 0.15) is 31.3 Å². The predicted molar refractivity (Wildman–Crippen MR) is 116 cm³/mol. The second-order valence-corrected chi connectivity index (χ2v) is 6.33. The first-order valence-corrected chi connectivity index (χ1v) is 9.02. The Morgan fingerprint density at radius 1 is 1.30 bits per heavy atom. The smallest absolute Gasteiger partial charge is 0.319 e. The Labute approximate surface area is 184 Å². The molecule has 1 aromatic heterocycles. The highest BCUT2D eigenvalue weighted by Crippen LogP contribution is 2.21. The third kappa shape index (κ3) is 7.79. The first-order chi connectivity index (χ1) is 12.5. The van der Waals surface area contributed by atoms with Crippen LogP contribution in [0.5, 0.6) is 0 Å². The molecule has 150 valence electrons. The minimum atomic E-state index is -2.62. The van der Waals surface area contributed by atoms with Crippen molar-refractivity contribution in [3.8, 4) is 0 Å². The Hall–Kier alpha value is -1.13. The topological polar surface area (TPSA) is 54.2 Å². The van der Waals surface area contributed by atoms with Crippen LogP contribution in [0.25, 0.3) is 0 Å². The highest BCUT2D eigenvalue weighted by Gasteiger charge is 2.11. The maximum Gasteiger partial charge on any atom is 0.319 e. The molecule has 27 heavy (non-hydrogen) atoms. The highest BCUT2D eigenvalue weighted by molar-refractivity contribution is 14.0. The number of aryl methyl sites for hydroxylation is 1. The van der Waals surface area contributed by atoms with E-state index < -0.39 is 6.55 Å². The van der Waals surface area contributed by atoms with Crippen molar-refractivity contribution in [1.82, 2.24) is 20.2 Å². The number of aromatic nitrogens is 2. The number of imidazole rings is 1. The number of guanidine groups is 1. The lowest BCUT2D eigenvalue weighted by Crippen LogP contribution is -2.38. The van der Waals surface area contributed by atoms with Gasteiger partial charge in [0, 0.05) is 35.5 Å². The van der Waals surface area contributed by atoms with Crippen molar-refractivity contribution in [1.29, 1.82) is 0 Å². The van der Waals surface area contributed by atoms with Crippen molar-refractivity contribution >= 4 is 53.1 Å². The van der Waals surface area contributed by atoms with Crippen molar-refractivity contribution in [3.63, 3.8) is 0 Å². The van der Waals surface area contributed by atoms with Crippen molar-refractivity contribution in [2.24, 2.45) is 4.99 Å². The number of aliphatic imine (C=N–C) groups is 1. The van der Waals surface area contributed by atoms with E-state index in [2.05, 4.69) is 20.6 Å². The molecule has 0 aliphatic rings. The molecule has 2 N–H and O–H groups in total. The van der Waals surface area contributed by atoms with Crippen LogP contribution in [0.15, 0.2) is 35.6 Å². The summed E-state index contributed by atoms with van der Waals surface area (Å²) in [4.78, 5) is 8.22. The molecule has 2 rings (SSSR count). The van der Waals surface area contributed by atoms with Gasteiger partial charge in [-0.3, -0.25) is 4.57 Å². The number of rotatable bonds is 8. The summed E-state index contributed by atoms with van der Waals surface area (Å²) in [6, 6.07) is 5.45. The zero-order valence-electron chi connectivity index (χ0n) is 14.8. The second kappa shape index (κ2) is 12.4. The Bertz CT molecular complexity index is 740. The van der Waals surface area contributed by atoms with Crippen LogP contribution in [0.2, 0.25) is 10.0 Å². The number of nitrogens with zero attached hydrogens (tertiary/aromatic N) is 3. The quantitative estimate of drug-likeness (QED) is 0.221. The summed E-state index contributed by atoms with van der Waals surface area (Å²) in [5.74, 6) is 0.767. The minimum absolute atomic E-state index is 0. The molecule has 1 aromatic carbocycles. The van der Waals surface area contributed by atoms with E-state index >= 15 is 0 Å². The fraction of sp³-hybridized carbons (Fsp3) is 0.412. The molecule has 2 aromatic rings. The zero-order valence-corrected chi connectivity index (χ0v) is 18.6. The third-order valence-electron chi connectivity index (χ3n) is 3.61. The molecule has 0 bridgehead atoms. The van der Waals surface area contributed by atoms with Gasteiger partial charge in [-0.1, -0.05) is 29.3 Å². The van der Waals surface area contributed by atoms with Gasteiger partial charge in [0.1, 0.15) is 12.4 Å². The highest BCUT2D eigenvalue weighted by atomic mass is 127. The average Bonchev–Trinajstić information content (AvgIpc) is 3.06. The maximum absolute atomic E-state index is 12.8. The van der Waals surface area contributed by atoms with Gasteiger partial charge in [-0.25, -0.2) is 9.98 Å². The van der Waals surface area contributed by atoms with Gasteiger partial charge in [0.05, 0.1) is 0 Å². The van der Waals surface area contributed by atoms with Crippen LogP contribution in [-0.4, -0.2) is 28.6 Å². The molecule has 0 unspecified atom stereocenters. The van der Waals surface area contributed by atoms with Crippen LogP contribution >= 0.6 is 47.2 Å². The lowest BCUT2D eigenvalue weighted by molar-refractivity contribution is 0.0671. The van der Waals surface area contributed by atoms with Crippen LogP contribution < -0.4 is 10.6 Å². The normalized spacial score (nSPS) is 11.4. The van der Waals surface area contributed by atoms with Crippen molar-refractivity contribution in [3.05, 3.63) is 52.0 Å². The van der Waals surface area contributed by atoms with E-state index in [0.29, 0.717) is 29.1 Å². The largest absolute Gasteiger partial charge is 0.357 e. The van der Waals surface area contributed by atoms with Crippen LogP contribution in [-0.2, 0) is 13.0 Å². The molecular formula is C17H22Cl2F2IN5. The molecule has 0 spiro atoms. The molecule has 0 atom stereocenters. The SMILES string of the molecule is CCNC(=NCc1nccn1C(F)F)NCCCc1ccc(Cl)cc1Cl.I. The molecule has 0 saturated heterocycles. The van der Waals surface area contributed by atoms with E-state index in [0.717, 1.165) is 23.0 Å². The molecular weight excluding hydrogens is 510 g/mol. The molecule has 0 amide bonds. The minimum Gasteiger partial charge on any atom is -0.357 e. The standard InChI is InChI=1S/C17H21Cl2F2N5.HI/c1-2-22-17(25-11-15-23-8-9-26(15)16(20)21)24-7-3-4-12-5-6-13(18)10-14(12)19;/h5-6,8-10,16H,2-4,7,11H2,1H3,(H2,22,24,25);1H. The van der Waals surface area contributed by atoms with E-state index in [-0.39, 0.29) is 36.3 Å². The number of halogens is 5. The number of nitrogens with one attached hydrogen (secondary N) is 2. The summed E-state index contributed by atoms with van der Waals surface area (Å²) in [5.41, 5.74) is 1.03. The van der Waals surface area contributed by atoms with Gasteiger partial charge in [-0.05, 0) is 37.5 Å².